The lowest BCUT2D eigenvalue weighted by atomic mass is 10.0. The van der Waals surface area contributed by atoms with Gasteiger partial charge in [-0.15, -0.1) is 0 Å². The number of nitrogens with one attached hydrogen (secondary N) is 2. The summed E-state index contributed by atoms with van der Waals surface area (Å²) in [4.78, 5) is 24.9. The number of phenolic OH excluding ortho intramolecular Hbond substituents is 1. The van der Waals surface area contributed by atoms with Gasteiger partial charge < -0.3 is 24.9 Å². The first kappa shape index (κ1) is 22.9. The van der Waals surface area contributed by atoms with E-state index in [0.29, 0.717) is 34.9 Å². The molecule has 8 heteroatoms. The third-order valence-electron chi connectivity index (χ3n) is 5.86. The molecule has 0 aliphatic heterocycles. The van der Waals surface area contributed by atoms with Crippen LogP contribution in [0, 0.1) is 0 Å². The Balaban J connectivity index is 1.41. The highest BCUT2D eigenvalue weighted by Crippen LogP contribution is 2.35. The maximum Gasteiger partial charge on any atom is 0.251 e. The highest BCUT2D eigenvalue weighted by molar-refractivity contribution is 5.97. The number of carbonyl (C=O) groups excluding carboxylic acids is 1. The highest BCUT2D eigenvalue weighted by Gasteiger charge is 2.15. The smallest absolute Gasteiger partial charge is 0.251 e. The molecule has 0 spiro atoms. The number of methoxy groups -OCH3 is 2. The molecule has 36 heavy (non-hydrogen) atoms. The van der Waals surface area contributed by atoms with Crippen LogP contribution in [0.2, 0.25) is 0 Å². The number of aromatic nitrogens is 3. The fourth-order valence-electron chi connectivity index (χ4n) is 4.01. The lowest BCUT2D eigenvalue weighted by molar-refractivity contribution is 0.0951. The minimum absolute atomic E-state index is 0.0805. The van der Waals surface area contributed by atoms with Gasteiger partial charge in [0.15, 0.2) is 0 Å². The van der Waals surface area contributed by atoms with E-state index < -0.39 is 0 Å². The van der Waals surface area contributed by atoms with Gasteiger partial charge in [-0.05, 0) is 65.7 Å². The molecule has 0 atom stereocenters. The van der Waals surface area contributed by atoms with Gasteiger partial charge in [0.1, 0.15) is 17.3 Å². The van der Waals surface area contributed by atoms with Gasteiger partial charge in [0, 0.05) is 23.9 Å². The number of amides is 1. The Bertz CT molecular complexity index is 1560. The second-order valence-corrected chi connectivity index (χ2v) is 8.14. The zero-order valence-corrected chi connectivity index (χ0v) is 19.8. The molecule has 8 nitrogen and oxygen atoms in total. The summed E-state index contributed by atoms with van der Waals surface area (Å²) in [6.07, 6.45) is 1.66. The number of imidazole rings is 1. The number of ether oxygens (including phenoxy) is 2. The van der Waals surface area contributed by atoms with Gasteiger partial charge in [-0.3, -0.25) is 4.79 Å². The topological polar surface area (TPSA) is 109 Å². The van der Waals surface area contributed by atoms with Crippen molar-refractivity contribution >= 4 is 16.9 Å². The number of H-pyrrole nitrogens is 1. The predicted molar refractivity (Wildman–Crippen MR) is 137 cm³/mol. The fourth-order valence-corrected chi connectivity index (χ4v) is 4.01. The van der Waals surface area contributed by atoms with Crippen LogP contribution in [0.3, 0.4) is 0 Å². The van der Waals surface area contributed by atoms with E-state index in [0.717, 1.165) is 28.0 Å². The molecule has 3 N–H and O–H groups in total. The summed E-state index contributed by atoms with van der Waals surface area (Å²) in [5.41, 5.74) is 4.94. The summed E-state index contributed by atoms with van der Waals surface area (Å²) in [5, 5.41) is 13.5. The standard InChI is InChI=1S/C28H24N4O4/c1-35-20-6-3-5-17(13-20)16-30-27(34)19-8-10-23-24(15-19)32-26(31-23)22-14-18(9-11-25(22)33)21-7-4-12-29-28(21)36-2/h3-15,33H,16H2,1-2H3,(H,30,34)(H,31,32). The molecular weight excluding hydrogens is 456 g/mol. The number of rotatable bonds is 7. The summed E-state index contributed by atoms with van der Waals surface area (Å²) in [6, 6.07) is 21.8. The average molecular weight is 481 g/mol. The largest absolute Gasteiger partial charge is 0.507 e. The Morgan fingerprint density at radius 1 is 0.972 bits per heavy atom. The van der Waals surface area contributed by atoms with Crippen molar-refractivity contribution in [2.75, 3.05) is 14.2 Å². The zero-order valence-electron chi connectivity index (χ0n) is 19.8. The molecule has 2 heterocycles. The number of fused-ring (bicyclic) bond motifs is 1. The third kappa shape index (κ3) is 4.56. The lowest BCUT2D eigenvalue weighted by Gasteiger charge is -2.09. The Kier molecular flexibility index (Phi) is 6.23. The number of hydrogen-bond acceptors (Lipinski definition) is 6. The van der Waals surface area contributed by atoms with E-state index in [1.807, 2.05) is 42.5 Å². The minimum Gasteiger partial charge on any atom is -0.507 e. The minimum atomic E-state index is -0.210. The van der Waals surface area contributed by atoms with Crippen LogP contribution in [0.25, 0.3) is 33.5 Å². The molecule has 0 bridgehead atoms. The molecule has 5 aromatic rings. The summed E-state index contributed by atoms with van der Waals surface area (Å²) in [7, 11) is 3.17. The second kappa shape index (κ2) is 9.79. The summed E-state index contributed by atoms with van der Waals surface area (Å²) < 4.78 is 10.6. The molecule has 0 aliphatic carbocycles. The summed E-state index contributed by atoms with van der Waals surface area (Å²) >= 11 is 0. The molecule has 180 valence electrons. The molecule has 0 unspecified atom stereocenters. The maximum atomic E-state index is 12.8. The first-order valence-electron chi connectivity index (χ1n) is 11.3. The maximum absolute atomic E-state index is 12.8. The van der Waals surface area contributed by atoms with Gasteiger partial charge in [-0.2, -0.15) is 0 Å². The van der Waals surface area contributed by atoms with E-state index in [9.17, 15) is 9.90 Å². The Hall–Kier alpha value is -4.85. The van der Waals surface area contributed by atoms with Crippen molar-refractivity contribution in [1.29, 1.82) is 0 Å². The Labute approximate surface area is 207 Å². The number of benzene rings is 3. The summed E-state index contributed by atoms with van der Waals surface area (Å²) in [6.45, 7) is 0.373. The van der Waals surface area contributed by atoms with Crippen LogP contribution in [0.4, 0.5) is 0 Å². The number of aromatic hydroxyl groups is 1. The molecule has 1 amide bonds. The van der Waals surface area contributed by atoms with Gasteiger partial charge in [-0.1, -0.05) is 18.2 Å². The van der Waals surface area contributed by atoms with Crippen molar-refractivity contribution in [3.05, 3.63) is 90.1 Å². The molecule has 5 rings (SSSR count). The van der Waals surface area contributed by atoms with Gasteiger partial charge in [0.05, 0.1) is 30.8 Å². The van der Waals surface area contributed by atoms with Gasteiger partial charge in [0.25, 0.3) is 5.91 Å². The molecule has 0 saturated heterocycles. The number of phenols is 1. The van der Waals surface area contributed by atoms with Gasteiger partial charge in [0.2, 0.25) is 5.88 Å². The zero-order chi connectivity index (χ0) is 25.1. The average Bonchev–Trinajstić information content (AvgIpc) is 3.35. The molecule has 3 aromatic carbocycles. The third-order valence-corrected chi connectivity index (χ3v) is 5.86. The normalized spacial score (nSPS) is 10.8. The van der Waals surface area contributed by atoms with Crippen LogP contribution in [0.1, 0.15) is 15.9 Å². The molecular formula is C28H24N4O4. The van der Waals surface area contributed by atoms with E-state index in [-0.39, 0.29) is 11.7 Å². The molecule has 0 aliphatic rings. The lowest BCUT2D eigenvalue weighted by Crippen LogP contribution is -2.22. The van der Waals surface area contributed by atoms with E-state index in [2.05, 4.69) is 20.3 Å². The number of aromatic amines is 1. The van der Waals surface area contributed by atoms with Crippen molar-refractivity contribution in [2.24, 2.45) is 0 Å². The highest BCUT2D eigenvalue weighted by atomic mass is 16.5. The van der Waals surface area contributed by atoms with Crippen molar-refractivity contribution in [1.82, 2.24) is 20.3 Å². The summed E-state index contributed by atoms with van der Waals surface area (Å²) in [5.74, 6) is 1.58. The van der Waals surface area contributed by atoms with Crippen LogP contribution in [-0.2, 0) is 6.54 Å². The Morgan fingerprint density at radius 3 is 2.69 bits per heavy atom. The first-order valence-corrected chi connectivity index (χ1v) is 11.3. The monoisotopic (exact) mass is 480 g/mol. The molecule has 0 saturated carbocycles. The fraction of sp³-hybridized carbons (Fsp3) is 0.107. The molecule has 0 fully saturated rings. The van der Waals surface area contributed by atoms with E-state index >= 15 is 0 Å². The Morgan fingerprint density at radius 2 is 1.86 bits per heavy atom. The number of hydrogen-bond donors (Lipinski definition) is 3. The predicted octanol–water partition coefficient (Wildman–Crippen LogP) is 4.94. The van der Waals surface area contributed by atoms with E-state index in [4.69, 9.17) is 9.47 Å². The first-order chi connectivity index (χ1) is 17.6. The van der Waals surface area contributed by atoms with Crippen LogP contribution in [-0.4, -0.2) is 40.2 Å². The second-order valence-electron chi connectivity index (χ2n) is 8.14. The van der Waals surface area contributed by atoms with Crippen LogP contribution >= 0.6 is 0 Å². The van der Waals surface area contributed by atoms with Gasteiger partial charge >= 0.3 is 0 Å². The van der Waals surface area contributed by atoms with Crippen molar-refractivity contribution < 1.29 is 19.4 Å². The number of nitrogens with zero attached hydrogens (tertiary/aromatic N) is 2. The molecule has 2 aromatic heterocycles. The van der Waals surface area contributed by atoms with Gasteiger partial charge in [-0.25, -0.2) is 9.97 Å². The van der Waals surface area contributed by atoms with Crippen molar-refractivity contribution in [3.8, 4) is 39.9 Å². The SMILES string of the molecule is COc1cccc(CNC(=O)c2ccc3[nH]c(-c4cc(-c5cccnc5OC)ccc4O)nc3c2)c1. The molecule has 0 radical (unpaired) electrons. The van der Waals surface area contributed by atoms with Crippen LogP contribution in [0.15, 0.2) is 79.0 Å². The van der Waals surface area contributed by atoms with E-state index in [1.165, 1.54) is 0 Å². The number of carbonyl (C=O) groups is 1. The van der Waals surface area contributed by atoms with E-state index in [1.54, 1.807) is 50.7 Å². The quantitative estimate of drug-likeness (QED) is 0.304. The number of pyridine rings is 1. The van der Waals surface area contributed by atoms with Crippen LogP contribution < -0.4 is 14.8 Å². The van der Waals surface area contributed by atoms with Crippen LogP contribution in [0.5, 0.6) is 17.4 Å². The van der Waals surface area contributed by atoms with Crippen molar-refractivity contribution in [2.45, 2.75) is 6.54 Å². The van der Waals surface area contributed by atoms with Crippen molar-refractivity contribution in [3.63, 3.8) is 0 Å².